The molecule has 0 saturated carbocycles. The molecule has 72 valence electrons. The van der Waals surface area contributed by atoms with Gasteiger partial charge >= 0.3 is 0 Å². The summed E-state index contributed by atoms with van der Waals surface area (Å²) >= 11 is 3.23. The van der Waals surface area contributed by atoms with Gasteiger partial charge in [-0.15, -0.1) is 0 Å². The Morgan fingerprint density at radius 3 is 3.00 bits per heavy atom. The van der Waals surface area contributed by atoms with E-state index in [4.69, 9.17) is 0 Å². The molecule has 0 aliphatic heterocycles. The third-order valence-corrected chi connectivity index (χ3v) is 2.03. The van der Waals surface area contributed by atoms with Crippen LogP contribution in [0.4, 0.5) is 4.39 Å². The lowest BCUT2D eigenvalue weighted by Crippen LogP contribution is -1.82. The highest BCUT2D eigenvalue weighted by Gasteiger charge is 1.98. The molecule has 0 fully saturated rings. The lowest BCUT2D eigenvalue weighted by atomic mass is 10.2. The van der Waals surface area contributed by atoms with Crippen molar-refractivity contribution < 1.29 is 9.18 Å². The molecule has 0 aromatic heterocycles. The Balaban J connectivity index is 2.77. The van der Waals surface area contributed by atoms with Crippen molar-refractivity contribution in [2.75, 3.05) is 0 Å². The Kier molecular flexibility index (Phi) is 4.34. The SMILES string of the molecule is O=CCCC#Cc1cc(Br)ccc1F. The molecule has 0 unspecified atom stereocenters. The predicted octanol–water partition coefficient (Wildman–Crippen LogP) is 2.92. The fraction of sp³-hybridized carbons (Fsp3) is 0.182. The minimum absolute atomic E-state index is 0.341. The summed E-state index contributed by atoms with van der Waals surface area (Å²) in [6.07, 6.45) is 1.66. The van der Waals surface area contributed by atoms with Crippen LogP contribution in [0.1, 0.15) is 18.4 Å². The molecule has 0 spiro atoms. The number of halogens is 2. The zero-order valence-corrected chi connectivity index (χ0v) is 8.97. The third-order valence-electron chi connectivity index (χ3n) is 1.54. The normalized spacial score (nSPS) is 9.00. The van der Waals surface area contributed by atoms with Crippen LogP contribution in [-0.4, -0.2) is 6.29 Å². The molecule has 0 bridgehead atoms. The molecule has 1 aromatic rings. The van der Waals surface area contributed by atoms with Gasteiger partial charge in [-0.05, 0) is 18.2 Å². The monoisotopic (exact) mass is 254 g/mol. The molecule has 0 amide bonds. The maximum Gasteiger partial charge on any atom is 0.138 e. The Bertz CT molecular complexity index is 390. The van der Waals surface area contributed by atoms with E-state index in [-0.39, 0.29) is 5.82 Å². The van der Waals surface area contributed by atoms with Crippen molar-refractivity contribution in [2.45, 2.75) is 12.8 Å². The first-order valence-electron chi connectivity index (χ1n) is 4.11. The van der Waals surface area contributed by atoms with E-state index in [1.54, 1.807) is 12.1 Å². The van der Waals surface area contributed by atoms with Crippen LogP contribution < -0.4 is 0 Å². The lowest BCUT2D eigenvalue weighted by Gasteiger charge is -1.94. The van der Waals surface area contributed by atoms with Crippen LogP contribution in [0.2, 0.25) is 0 Å². The molecular weight excluding hydrogens is 247 g/mol. The summed E-state index contributed by atoms with van der Waals surface area (Å²) in [4.78, 5) is 9.99. The number of carbonyl (C=O) groups excluding carboxylic acids is 1. The number of benzene rings is 1. The predicted molar refractivity (Wildman–Crippen MR) is 56.3 cm³/mol. The largest absolute Gasteiger partial charge is 0.303 e. The summed E-state index contributed by atoms with van der Waals surface area (Å²) in [7, 11) is 0. The summed E-state index contributed by atoms with van der Waals surface area (Å²) in [5.74, 6) is 5.06. The molecule has 1 rings (SSSR count). The van der Waals surface area contributed by atoms with Gasteiger partial charge in [-0.3, -0.25) is 0 Å². The number of hydrogen-bond donors (Lipinski definition) is 0. The van der Waals surface area contributed by atoms with E-state index in [1.165, 1.54) is 6.07 Å². The van der Waals surface area contributed by atoms with E-state index in [1.807, 2.05) is 0 Å². The third kappa shape index (κ3) is 3.31. The van der Waals surface area contributed by atoms with E-state index < -0.39 is 0 Å². The van der Waals surface area contributed by atoms with Crippen LogP contribution in [0.5, 0.6) is 0 Å². The zero-order valence-electron chi connectivity index (χ0n) is 7.39. The number of carbonyl (C=O) groups is 1. The second-order valence-corrected chi connectivity index (χ2v) is 3.55. The van der Waals surface area contributed by atoms with Crippen molar-refractivity contribution in [1.82, 2.24) is 0 Å². The van der Waals surface area contributed by atoms with Crippen molar-refractivity contribution in [2.24, 2.45) is 0 Å². The van der Waals surface area contributed by atoms with E-state index in [9.17, 15) is 9.18 Å². The molecule has 0 heterocycles. The van der Waals surface area contributed by atoms with E-state index >= 15 is 0 Å². The quantitative estimate of drug-likeness (QED) is 0.451. The Labute approximate surface area is 90.4 Å². The molecule has 1 aromatic carbocycles. The summed E-state index contributed by atoms with van der Waals surface area (Å²) in [5.41, 5.74) is 0.352. The molecule has 3 heteroatoms. The van der Waals surface area contributed by atoms with Crippen LogP contribution in [-0.2, 0) is 4.79 Å². The molecule has 0 aliphatic carbocycles. The van der Waals surface area contributed by atoms with Crippen LogP contribution >= 0.6 is 15.9 Å². The van der Waals surface area contributed by atoms with Gasteiger partial charge in [0.05, 0.1) is 5.56 Å². The van der Waals surface area contributed by atoms with Crippen molar-refractivity contribution in [1.29, 1.82) is 0 Å². The van der Waals surface area contributed by atoms with Gasteiger partial charge in [-0.25, -0.2) is 4.39 Å². The number of unbranched alkanes of at least 4 members (excludes halogenated alkanes) is 1. The average Bonchev–Trinajstić information content (AvgIpc) is 2.18. The standard InChI is InChI=1S/C11H8BrFO/c12-10-5-6-11(13)9(8-10)4-2-1-3-7-14/h5-8H,1,3H2. The Hall–Kier alpha value is -1.14. The van der Waals surface area contributed by atoms with Crippen molar-refractivity contribution in [3.05, 3.63) is 34.1 Å². The van der Waals surface area contributed by atoms with Crippen LogP contribution in [0.3, 0.4) is 0 Å². The van der Waals surface area contributed by atoms with Gasteiger partial charge in [-0.1, -0.05) is 27.8 Å². The Morgan fingerprint density at radius 1 is 1.50 bits per heavy atom. The van der Waals surface area contributed by atoms with E-state index in [0.29, 0.717) is 18.4 Å². The minimum atomic E-state index is -0.341. The molecule has 0 radical (unpaired) electrons. The van der Waals surface area contributed by atoms with Gasteiger partial charge in [0.2, 0.25) is 0 Å². The van der Waals surface area contributed by atoms with Gasteiger partial charge in [-0.2, -0.15) is 0 Å². The van der Waals surface area contributed by atoms with Gasteiger partial charge in [0.25, 0.3) is 0 Å². The highest BCUT2D eigenvalue weighted by Crippen LogP contribution is 2.14. The Morgan fingerprint density at radius 2 is 2.29 bits per heavy atom. The van der Waals surface area contributed by atoms with Crippen molar-refractivity contribution in [3.63, 3.8) is 0 Å². The molecule has 0 atom stereocenters. The van der Waals surface area contributed by atoms with E-state index in [2.05, 4.69) is 27.8 Å². The zero-order chi connectivity index (χ0) is 10.4. The smallest absolute Gasteiger partial charge is 0.138 e. The summed E-state index contributed by atoms with van der Waals surface area (Å²) in [6.45, 7) is 0. The summed E-state index contributed by atoms with van der Waals surface area (Å²) < 4.78 is 13.9. The van der Waals surface area contributed by atoms with Gasteiger partial charge in [0.1, 0.15) is 12.1 Å². The molecule has 1 nitrogen and oxygen atoms in total. The van der Waals surface area contributed by atoms with Crippen LogP contribution in [0, 0.1) is 17.7 Å². The maximum atomic E-state index is 13.1. The highest BCUT2D eigenvalue weighted by atomic mass is 79.9. The maximum absolute atomic E-state index is 13.1. The van der Waals surface area contributed by atoms with Gasteiger partial charge in [0, 0.05) is 17.3 Å². The lowest BCUT2D eigenvalue weighted by molar-refractivity contribution is -0.107. The molecule has 0 aliphatic rings. The fourth-order valence-electron chi connectivity index (χ4n) is 0.882. The summed E-state index contributed by atoms with van der Waals surface area (Å²) in [6, 6.07) is 4.59. The molecule has 14 heavy (non-hydrogen) atoms. The van der Waals surface area contributed by atoms with Crippen molar-refractivity contribution in [3.8, 4) is 11.8 Å². The minimum Gasteiger partial charge on any atom is -0.303 e. The molecule has 0 N–H and O–H groups in total. The first-order valence-corrected chi connectivity index (χ1v) is 4.91. The van der Waals surface area contributed by atoms with Crippen molar-refractivity contribution >= 4 is 22.2 Å². The number of rotatable bonds is 2. The first kappa shape index (κ1) is 10.9. The van der Waals surface area contributed by atoms with Crippen LogP contribution in [0.15, 0.2) is 22.7 Å². The van der Waals surface area contributed by atoms with Gasteiger partial charge in [0.15, 0.2) is 0 Å². The van der Waals surface area contributed by atoms with Crippen LogP contribution in [0.25, 0.3) is 0 Å². The average molecular weight is 255 g/mol. The van der Waals surface area contributed by atoms with E-state index in [0.717, 1.165) is 10.8 Å². The molecule has 0 saturated heterocycles. The second kappa shape index (κ2) is 5.56. The number of hydrogen-bond acceptors (Lipinski definition) is 1. The highest BCUT2D eigenvalue weighted by molar-refractivity contribution is 9.10. The first-order chi connectivity index (χ1) is 6.74. The summed E-state index contributed by atoms with van der Waals surface area (Å²) in [5, 5.41) is 0. The molecular formula is C11H8BrFO. The fourth-order valence-corrected chi connectivity index (χ4v) is 1.24. The van der Waals surface area contributed by atoms with Gasteiger partial charge < -0.3 is 4.79 Å². The number of aldehydes is 1. The second-order valence-electron chi connectivity index (χ2n) is 2.63. The topological polar surface area (TPSA) is 17.1 Å².